The molecule has 0 saturated heterocycles. The van der Waals surface area contributed by atoms with Crippen molar-refractivity contribution in [2.75, 3.05) is 0 Å². The van der Waals surface area contributed by atoms with Gasteiger partial charge in [0.15, 0.2) is 0 Å². The van der Waals surface area contributed by atoms with Crippen molar-refractivity contribution in [3.8, 4) is 0 Å². The average Bonchev–Trinajstić information content (AvgIpc) is 2.18. The summed E-state index contributed by atoms with van der Waals surface area (Å²) in [7, 11) is 0. The lowest BCUT2D eigenvalue weighted by atomic mass is 9.91. The van der Waals surface area contributed by atoms with Crippen LogP contribution >= 0.6 is 0 Å². The number of rotatable bonds is 4. The molecular formula is C12H17NO2. The first-order valence-corrected chi connectivity index (χ1v) is 5.06. The van der Waals surface area contributed by atoms with Crippen molar-refractivity contribution in [3.05, 3.63) is 35.4 Å². The van der Waals surface area contributed by atoms with Crippen molar-refractivity contribution in [2.24, 2.45) is 5.73 Å². The Morgan fingerprint density at radius 3 is 2.60 bits per heavy atom. The van der Waals surface area contributed by atoms with Gasteiger partial charge < -0.3 is 10.8 Å². The van der Waals surface area contributed by atoms with Crippen LogP contribution < -0.4 is 5.73 Å². The zero-order valence-electron chi connectivity index (χ0n) is 9.10. The molecule has 2 atom stereocenters. The predicted octanol–water partition coefficient (Wildman–Crippen LogP) is 1.90. The second-order valence-electron chi connectivity index (χ2n) is 3.94. The molecule has 3 N–H and O–H groups in total. The summed E-state index contributed by atoms with van der Waals surface area (Å²) in [6.07, 6.45) is 0.472. The van der Waals surface area contributed by atoms with E-state index in [-0.39, 0.29) is 5.92 Å². The molecule has 0 heterocycles. The summed E-state index contributed by atoms with van der Waals surface area (Å²) in [6.45, 7) is 4.03. The molecule has 1 rings (SSSR count). The lowest BCUT2D eigenvalue weighted by Crippen LogP contribution is -2.31. The topological polar surface area (TPSA) is 63.3 Å². The Bertz CT molecular complexity index is 349. The Morgan fingerprint density at radius 2 is 2.07 bits per heavy atom. The minimum atomic E-state index is -0.935. The van der Waals surface area contributed by atoms with Gasteiger partial charge in [0, 0.05) is 0 Å². The lowest BCUT2D eigenvalue weighted by Gasteiger charge is -2.16. The Balaban J connectivity index is 2.73. The van der Waals surface area contributed by atoms with Crippen LogP contribution in [0.15, 0.2) is 24.3 Å². The van der Waals surface area contributed by atoms with Crippen LogP contribution in [0.3, 0.4) is 0 Å². The van der Waals surface area contributed by atoms with E-state index in [1.165, 1.54) is 11.1 Å². The molecule has 0 amide bonds. The van der Waals surface area contributed by atoms with Gasteiger partial charge in [0.25, 0.3) is 0 Å². The Kier molecular flexibility index (Phi) is 3.86. The van der Waals surface area contributed by atoms with E-state index in [1.54, 1.807) is 0 Å². The number of aliphatic carboxylic acids is 1. The number of aryl methyl sites for hydroxylation is 1. The van der Waals surface area contributed by atoms with Gasteiger partial charge in [-0.25, -0.2) is 0 Å². The first-order chi connectivity index (χ1) is 7.02. The van der Waals surface area contributed by atoms with Crippen molar-refractivity contribution >= 4 is 5.97 Å². The van der Waals surface area contributed by atoms with E-state index in [2.05, 4.69) is 0 Å². The maximum absolute atomic E-state index is 10.6. The molecule has 0 fully saturated rings. The van der Waals surface area contributed by atoms with E-state index in [9.17, 15) is 4.79 Å². The SMILES string of the molecule is Cc1ccccc1C(C)CC(N)C(=O)O. The van der Waals surface area contributed by atoms with Gasteiger partial charge in [-0.2, -0.15) is 0 Å². The van der Waals surface area contributed by atoms with Crippen LogP contribution in [-0.4, -0.2) is 17.1 Å². The van der Waals surface area contributed by atoms with Gasteiger partial charge in [-0.3, -0.25) is 4.79 Å². The number of benzene rings is 1. The third kappa shape index (κ3) is 3.06. The molecule has 1 aromatic rings. The number of nitrogens with two attached hydrogens (primary N) is 1. The van der Waals surface area contributed by atoms with Crippen molar-refractivity contribution in [3.63, 3.8) is 0 Å². The van der Waals surface area contributed by atoms with E-state index in [1.807, 2.05) is 38.1 Å². The van der Waals surface area contributed by atoms with Crippen LogP contribution in [-0.2, 0) is 4.79 Å². The standard InChI is InChI=1S/C12H17NO2/c1-8-5-3-4-6-10(8)9(2)7-11(13)12(14)15/h3-6,9,11H,7,13H2,1-2H3,(H,14,15). The highest BCUT2D eigenvalue weighted by Crippen LogP contribution is 2.23. The third-order valence-electron chi connectivity index (χ3n) is 2.64. The van der Waals surface area contributed by atoms with E-state index in [0.29, 0.717) is 6.42 Å². The Hall–Kier alpha value is -1.35. The minimum absolute atomic E-state index is 0.178. The van der Waals surface area contributed by atoms with E-state index in [0.717, 1.165) is 0 Å². The van der Waals surface area contributed by atoms with E-state index >= 15 is 0 Å². The molecule has 0 aromatic heterocycles. The summed E-state index contributed by atoms with van der Waals surface area (Å²) >= 11 is 0. The fourth-order valence-corrected chi connectivity index (χ4v) is 1.75. The monoisotopic (exact) mass is 207 g/mol. The summed E-state index contributed by atoms with van der Waals surface area (Å²) in [5, 5.41) is 8.72. The fraction of sp³-hybridized carbons (Fsp3) is 0.417. The van der Waals surface area contributed by atoms with Crippen molar-refractivity contribution < 1.29 is 9.90 Å². The third-order valence-corrected chi connectivity index (χ3v) is 2.64. The normalized spacial score (nSPS) is 14.6. The van der Waals surface area contributed by atoms with Gasteiger partial charge in [0.2, 0.25) is 0 Å². The maximum Gasteiger partial charge on any atom is 0.320 e. The predicted molar refractivity (Wildman–Crippen MR) is 59.8 cm³/mol. The zero-order chi connectivity index (χ0) is 11.4. The van der Waals surface area contributed by atoms with Crippen LogP contribution in [0.25, 0.3) is 0 Å². The molecule has 0 radical (unpaired) electrons. The molecule has 1 aromatic carbocycles. The molecule has 0 aliphatic heterocycles. The van der Waals surface area contributed by atoms with Crippen LogP contribution in [0.4, 0.5) is 0 Å². The van der Waals surface area contributed by atoms with Crippen LogP contribution in [0.1, 0.15) is 30.4 Å². The number of carboxylic acid groups (broad SMARTS) is 1. The fourth-order valence-electron chi connectivity index (χ4n) is 1.75. The van der Waals surface area contributed by atoms with Gasteiger partial charge >= 0.3 is 5.97 Å². The lowest BCUT2D eigenvalue weighted by molar-refractivity contribution is -0.138. The van der Waals surface area contributed by atoms with Crippen molar-refractivity contribution in [2.45, 2.75) is 32.2 Å². The second-order valence-corrected chi connectivity index (χ2v) is 3.94. The molecule has 3 heteroatoms. The maximum atomic E-state index is 10.6. The van der Waals surface area contributed by atoms with E-state index < -0.39 is 12.0 Å². The smallest absolute Gasteiger partial charge is 0.320 e. The first kappa shape index (κ1) is 11.7. The summed E-state index contributed by atoms with van der Waals surface area (Å²) in [5.74, 6) is -0.757. The second kappa shape index (κ2) is 4.94. The highest BCUT2D eigenvalue weighted by molar-refractivity contribution is 5.73. The van der Waals surface area contributed by atoms with Gasteiger partial charge in [-0.1, -0.05) is 31.2 Å². The molecular weight excluding hydrogens is 190 g/mol. The van der Waals surface area contributed by atoms with Crippen LogP contribution in [0.5, 0.6) is 0 Å². The zero-order valence-corrected chi connectivity index (χ0v) is 9.10. The molecule has 0 bridgehead atoms. The largest absolute Gasteiger partial charge is 0.480 e. The summed E-state index contributed by atoms with van der Waals surface area (Å²) < 4.78 is 0. The Labute approximate surface area is 89.9 Å². The number of hydrogen-bond donors (Lipinski definition) is 2. The summed E-state index contributed by atoms with van der Waals surface area (Å²) in [6, 6.07) is 7.21. The highest BCUT2D eigenvalue weighted by atomic mass is 16.4. The molecule has 0 spiro atoms. The molecule has 0 saturated carbocycles. The Morgan fingerprint density at radius 1 is 1.47 bits per heavy atom. The van der Waals surface area contributed by atoms with Gasteiger partial charge in [-0.15, -0.1) is 0 Å². The molecule has 82 valence electrons. The van der Waals surface area contributed by atoms with Gasteiger partial charge in [0.1, 0.15) is 6.04 Å². The quantitative estimate of drug-likeness (QED) is 0.792. The average molecular weight is 207 g/mol. The highest BCUT2D eigenvalue weighted by Gasteiger charge is 2.17. The van der Waals surface area contributed by atoms with Crippen LogP contribution in [0, 0.1) is 6.92 Å². The van der Waals surface area contributed by atoms with Crippen molar-refractivity contribution in [1.82, 2.24) is 0 Å². The molecule has 0 aliphatic rings. The molecule has 3 nitrogen and oxygen atoms in total. The number of carbonyl (C=O) groups is 1. The summed E-state index contributed by atoms with van der Waals surface area (Å²) in [5.41, 5.74) is 7.86. The van der Waals surface area contributed by atoms with E-state index in [4.69, 9.17) is 10.8 Å². The first-order valence-electron chi connectivity index (χ1n) is 5.06. The summed E-state index contributed by atoms with van der Waals surface area (Å²) in [4.78, 5) is 10.6. The molecule has 2 unspecified atom stereocenters. The van der Waals surface area contributed by atoms with Crippen molar-refractivity contribution in [1.29, 1.82) is 0 Å². The number of hydrogen-bond acceptors (Lipinski definition) is 2. The van der Waals surface area contributed by atoms with Crippen LogP contribution in [0.2, 0.25) is 0 Å². The number of carboxylic acids is 1. The minimum Gasteiger partial charge on any atom is -0.480 e. The van der Waals surface area contributed by atoms with Gasteiger partial charge in [0.05, 0.1) is 0 Å². The van der Waals surface area contributed by atoms with Gasteiger partial charge in [-0.05, 0) is 30.4 Å². The molecule has 15 heavy (non-hydrogen) atoms. The molecule has 0 aliphatic carbocycles.